The monoisotopic (exact) mass is 303 g/mol. The number of nitrogens with one attached hydrogen (secondary N) is 1. The van der Waals surface area contributed by atoms with Crippen molar-refractivity contribution < 1.29 is 4.79 Å². The summed E-state index contributed by atoms with van der Waals surface area (Å²) in [5.41, 5.74) is 1.60. The molecule has 2 rings (SSSR count). The predicted octanol–water partition coefficient (Wildman–Crippen LogP) is 2.60. The summed E-state index contributed by atoms with van der Waals surface area (Å²) in [6, 6.07) is 2.20. The van der Waals surface area contributed by atoms with Gasteiger partial charge in [0, 0.05) is 31.5 Å². The van der Waals surface area contributed by atoms with Gasteiger partial charge in [-0.05, 0) is 32.3 Å². The molecule has 1 amide bonds. The van der Waals surface area contributed by atoms with E-state index >= 15 is 0 Å². The predicted molar refractivity (Wildman–Crippen MR) is 85.9 cm³/mol. The fourth-order valence-corrected chi connectivity index (χ4v) is 2.31. The number of carbonyl (C=O) groups is 1. The molecule has 0 saturated heterocycles. The number of amides is 1. The van der Waals surface area contributed by atoms with Gasteiger partial charge in [-0.25, -0.2) is 4.98 Å². The lowest BCUT2D eigenvalue weighted by Gasteiger charge is -2.13. The van der Waals surface area contributed by atoms with Crippen molar-refractivity contribution in [2.45, 2.75) is 52.6 Å². The summed E-state index contributed by atoms with van der Waals surface area (Å²) in [6.45, 7) is 9.59. The van der Waals surface area contributed by atoms with Gasteiger partial charge in [-0.15, -0.1) is 0 Å². The van der Waals surface area contributed by atoms with Crippen LogP contribution in [0.2, 0.25) is 0 Å². The molecule has 0 unspecified atom stereocenters. The van der Waals surface area contributed by atoms with E-state index in [9.17, 15) is 4.79 Å². The molecule has 0 spiro atoms. The molecule has 0 aromatic carbocycles. The maximum Gasteiger partial charge on any atom is 0.269 e. The zero-order valence-electron chi connectivity index (χ0n) is 13.8. The Labute approximate surface area is 131 Å². The van der Waals surface area contributed by atoms with Gasteiger partial charge in [0.25, 0.3) is 5.91 Å². The third-order valence-corrected chi connectivity index (χ3v) is 3.80. The molecule has 2 aromatic rings. The van der Waals surface area contributed by atoms with Crippen molar-refractivity contribution in [3.8, 4) is 0 Å². The molecular formula is C16H25N5O. The fourth-order valence-electron chi connectivity index (χ4n) is 2.31. The number of nitrogens with zero attached hydrogens (tertiary/aromatic N) is 4. The minimum atomic E-state index is -0.0564. The standard InChI is InChI=1S/C16H25N5O/c1-5-21-15(10-14(19-21)12(2)3)16(22)18-7-6-13(4)20-9-8-17-11-20/h8-13H,5-7H2,1-4H3,(H,18,22)/t13-/m0/s1. The molecule has 0 fully saturated rings. The van der Waals surface area contributed by atoms with Crippen LogP contribution in [-0.4, -0.2) is 31.8 Å². The van der Waals surface area contributed by atoms with Crippen molar-refractivity contribution in [1.82, 2.24) is 24.6 Å². The molecule has 6 nitrogen and oxygen atoms in total. The van der Waals surface area contributed by atoms with E-state index in [4.69, 9.17) is 0 Å². The van der Waals surface area contributed by atoms with Crippen LogP contribution in [0.15, 0.2) is 24.8 Å². The van der Waals surface area contributed by atoms with Crippen molar-refractivity contribution in [2.75, 3.05) is 6.54 Å². The van der Waals surface area contributed by atoms with Crippen molar-refractivity contribution in [3.63, 3.8) is 0 Å². The Morgan fingerprint density at radius 3 is 2.73 bits per heavy atom. The first-order chi connectivity index (χ1) is 10.5. The van der Waals surface area contributed by atoms with Crippen LogP contribution in [0.25, 0.3) is 0 Å². The Balaban J connectivity index is 1.92. The number of aromatic nitrogens is 4. The molecule has 1 N–H and O–H groups in total. The summed E-state index contributed by atoms with van der Waals surface area (Å²) in [5.74, 6) is 0.264. The number of hydrogen-bond donors (Lipinski definition) is 1. The molecule has 0 bridgehead atoms. The minimum Gasteiger partial charge on any atom is -0.351 e. The Bertz CT molecular complexity index is 600. The average Bonchev–Trinajstić information content (AvgIpc) is 3.16. The highest BCUT2D eigenvalue weighted by molar-refractivity contribution is 5.92. The first-order valence-corrected chi connectivity index (χ1v) is 7.86. The zero-order valence-corrected chi connectivity index (χ0v) is 13.8. The second kappa shape index (κ2) is 7.24. The fraction of sp³-hybridized carbons (Fsp3) is 0.562. The normalized spacial score (nSPS) is 12.6. The summed E-state index contributed by atoms with van der Waals surface area (Å²) in [5, 5.41) is 7.46. The van der Waals surface area contributed by atoms with Crippen LogP contribution in [0.4, 0.5) is 0 Å². The number of carbonyl (C=O) groups excluding carboxylic acids is 1. The van der Waals surface area contributed by atoms with Crippen molar-refractivity contribution >= 4 is 5.91 Å². The van der Waals surface area contributed by atoms with Gasteiger partial charge in [0.05, 0.1) is 12.0 Å². The minimum absolute atomic E-state index is 0.0564. The van der Waals surface area contributed by atoms with Crippen LogP contribution >= 0.6 is 0 Å². The van der Waals surface area contributed by atoms with Crippen LogP contribution in [0.3, 0.4) is 0 Å². The molecule has 22 heavy (non-hydrogen) atoms. The van der Waals surface area contributed by atoms with E-state index in [1.807, 2.05) is 23.8 Å². The largest absolute Gasteiger partial charge is 0.351 e. The molecule has 1 atom stereocenters. The average molecular weight is 303 g/mol. The van der Waals surface area contributed by atoms with Crippen LogP contribution in [-0.2, 0) is 6.54 Å². The summed E-state index contributed by atoms with van der Waals surface area (Å²) >= 11 is 0. The van der Waals surface area contributed by atoms with E-state index in [0.29, 0.717) is 30.7 Å². The summed E-state index contributed by atoms with van der Waals surface area (Å²) < 4.78 is 3.81. The topological polar surface area (TPSA) is 64.7 Å². The lowest BCUT2D eigenvalue weighted by molar-refractivity contribution is 0.0941. The molecule has 0 aliphatic rings. The van der Waals surface area contributed by atoms with E-state index in [0.717, 1.165) is 12.1 Å². The summed E-state index contributed by atoms with van der Waals surface area (Å²) in [7, 11) is 0. The third kappa shape index (κ3) is 3.75. The molecule has 0 aliphatic carbocycles. The zero-order chi connectivity index (χ0) is 16.1. The number of hydrogen-bond acceptors (Lipinski definition) is 3. The second-order valence-corrected chi connectivity index (χ2v) is 5.83. The van der Waals surface area contributed by atoms with Gasteiger partial charge in [-0.2, -0.15) is 5.10 Å². The quantitative estimate of drug-likeness (QED) is 0.855. The highest BCUT2D eigenvalue weighted by Gasteiger charge is 2.16. The van der Waals surface area contributed by atoms with Crippen LogP contribution in [0.1, 0.15) is 62.3 Å². The van der Waals surface area contributed by atoms with Gasteiger partial charge in [0.1, 0.15) is 5.69 Å². The van der Waals surface area contributed by atoms with Gasteiger partial charge in [-0.1, -0.05) is 13.8 Å². The highest BCUT2D eigenvalue weighted by atomic mass is 16.2. The van der Waals surface area contributed by atoms with Gasteiger partial charge >= 0.3 is 0 Å². The van der Waals surface area contributed by atoms with E-state index in [1.54, 1.807) is 17.2 Å². The molecule has 2 heterocycles. The maximum absolute atomic E-state index is 12.3. The van der Waals surface area contributed by atoms with E-state index < -0.39 is 0 Å². The lowest BCUT2D eigenvalue weighted by Crippen LogP contribution is -2.28. The Morgan fingerprint density at radius 1 is 1.36 bits per heavy atom. The molecule has 120 valence electrons. The lowest BCUT2D eigenvalue weighted by atomic mass is 10.1. The van der Waals surface area contributed by atoms with E-state index in [2.05, 4.69) is 36.2 Å². The molecule has 2 aromatic heterocycles. The van der Waals surface area contributed by atoms with Gasteiger partial charge in [0.15, 0.2) is 0 Å². The van der Waals surface area contributed by atoms with E-state index in [-0.39, 0.29) is 5.91 Å². The van der Waals surface area contributed by atoms with Crippen molar-refractivity contribution in [1.29, 1.82) is 0 Å². The summed E-state index contributed by atoms with van der Waals surface area (Å²) in [4.78, 5) is 16.4. The highest BCUT2D eigenvalue weighted by Crippen LogP contribution is 2.15. The molecule has 6 heteroatoms. The molecule has 0 saturated carbocycles. The number of imidazole rings is 1. The third-order valence-electron chi connectivity index (χ3n) is 3.80. The SMILES string of the molecule is CCn1nc(C(C)C)cc1C(=O)NCC[C@H](C)n1ccnc1. The molecule has 0 aliphatic heterocycles. The maximum atomic E-state index is 12.3. The van der Waals surface area contributed by atoms with Gasteiger partial charge < -0.3 is 9.88 Å². The van der Waals surface area contributed by atoms with Gasteiger partial charge in [0.2, 0.25) is 0 Å². The Kier molecular flexibility index (Phi) is 5.35. The smallest absolute Gasteiger partial charge is 0.269 e. The van der Waals surface area contributed by atoms with Gasteiger partial charge in [-0.3, -0.25) is 9.48 Å². The van der Waals surface area contributed by atoms with E-state index in [1.165, 1.54) is 0 Å². The summed E-state index contributed by atoms with van der Waals surface area (Å²) in [6.07, 6.45) is 6.36. The molecule has 0 radical (unpaired) electrons. The van der Waals surface area contributed by atoms with Crippen molar-refractivity contribution in [2.24, 2.45) is 0 Å². The van der Waals surface area contributed by atoms with Crippen molar-refractivity contribution in [3.05, 3.63) is 36.2 Å². The Morgan fingerprint density at radius 2 is 2.14 bits per heavy atom. The van der Waals surface area contributed by atoms with Crippen LogP contribution < -0.4 is 5.32 Å². The second-order valence-electron chi connectivity index (χ2n) is 5.83. The number of rotatable bonds is 7. The number of aryl methyl sites for hydroxylation is 1. The molecular weight excluding hydrogens is 278 g/mol. The first kappa shape index (κ1) is 16.3. The first-order valence-electron chi connectivity index (χ1n) is 7.86. The van der Waals surface area contributed by atoms with Crippen LogP contribution in [0.5, 0.6) is 0 Å². The van der Waals surface area contributed by atoms with Crippen LogP contribution in [0, 0.1) is 0 Å². The Hall–Kier alpha value is -2.11.